The summed E-state index contributed by atoms with van der Waals surface area (Å²) in [6.45, 7) is 36.2. The molecule has 1 N–H and O–H groups in total. The number of nitrogens with zero attached hydrogens (tertiary/aromatic N) is 14. The quantitative estimate of drug-likeness (QED) is 0.0500. The summed E-state index contributed by atoms with van der Waals surface area (Å²) in [5.74, 6) is 1.28. The number of fused-ring (bicyclic) bond motifs is 3. The smallest absolute Gasteiger partial charge is 0.326 e. The Morgan fingerprint density at radius 1 is 0.433 bits per heavy atom. The number of aromatic nitrogens is 9. The van der Waals surface area contributed by atoms with Gasteiger partial charge in [-0.2, -0.15) is 15.3 Å². The van der Waals surface area contributed by atoms with Gasteiger partial charge in [-0.25, -0.2) is 4.79 Å². The zero-order valence-corrected chi connectivity index (χ0v) is 88.4. The minimum atomic E-state index is -0.958. The molecule has 141 heavy (non-hydrogen) atoms. The van der Waals surface area contributed by atoms with Crippen LogP contribution in [0.1, 0.15) is 166 Å². The lowest BCUT2D eigenvalue weighted by atomic mass is 9.93. The fourth-order valence-electron chi connectivity index (χ4n) is 21.0. The van der Waals surface area contributed by atoms with Gasteiger partial charge in [0.05, 0.1) is 58.0 Å². The van der Waals surface area contributed by atoms with E-state index in [4.69, 9.17) is 94.0 Å². The molecule has 8 aromatic carbocycles. The summed E-state index contributed by atoms with van der Waals surface area (Å²) in [5, 5.41) is 30.0. The number of benzene rings is 8. The summed E-state index contributed by atoms with van der Waals surface area (Å²) in [6.07, 6.45) is 9.23. The number of pyridine rings is 1. The van der Waals surface area contributed by atoms with Crippen LogP contribution in [0.4, 0.5) is 11.4 Å². The van der Waals surface area contributed by atoms with E-state index in [0.717, 1.165) is 221 Å². The van der Waals surface area contributed by atoms with Crippen LogP contribution in [0.25, 0.3) is 60.8 Å². The molecule has 3 amide bonds. The van der Waals surface area contributed by atoms with E-state index in [-0.39, 0.29) is 17.7 Å². The molecule has 6 aromatic heterocycles. The minimum Gasteiger partial charge on any atom is -0.494 e. The summed E-state index contributed by atoms with van der Waals surface area (Å²) in [5.41, 5.74) is 32.0. The van der Waals surface area contributed by atoms with Gasteiger partial charge in [0.1, 0.15) is 34.7 Å². The van der Waals surface area contributed by atoms with Crippen molar-refractivity contribution >= 4 is 132 Å². The predicted octanol–water partition coefficient (Wildman–Crippen LogP) is 24.6. The van der Waals surface area contributed by atoms with Gasteiger partial charge in [-0.05, 0) is 300 Å². The lowest BCUT2D eigenvalue weighted by Crippen LogP contribution is -2.49. The molecule has 4 aliphatic rings. The van der Waals surface area contributed by atoms with Crippen molar-refractivity contribution in [3.05, 3.63) is 299 Å². The third-order valence-corrected chi connectivity index (χ3v) is 31.2. The Balaban J connectivity index is 0.000000154. The van der Waals surface area contributed by atoms with Crippen LogP contribution >= 0.6 is 69.6 Å². The van der Waals surface area contributed by atoms with Gasteiger partial charge >= 0.3 is 5.97 Å². The van der Waals surface area contributed by atoms with E-state index >= 15 is 4.79 Å². The van der Waals surface area contributed by atoms with Crippen LogP contribution < -0.4 is 24.0 Å². The predicted molar refractivity (Wildman–Crippen MR) is 571 cm³/mol. The number of allylic oxidation sites excluding steroid dienone is 1. The van der Waals surface area contributed by atoms with E-state index in [9.17, 15) is 19.5 Å². The molecule has 0 saturated carbocycles. The van der Waals surface area contributed by atoms with Gasteiger partial charge < -0.3 is 53.0 Å². The molecule has 28 heteroatoms. The SMILES string of the molecule is Cc1cc(OCCCC2=C(C(=O)N3CCC[C@H]3C(=O)O)Cc3c2ccc(Cl)c3-c2c(C)nn(C)c2C)cc(C)c1Cl.Cc1ccc(N2CCN(C(=O)c3c(CCCOc4cc(C)c(Cl)c(C)c4)c4ccc(Cl)c(-c5c(C)nn(C)c5C)c4n3C)CC2)cc1.Cc1ccc(N2CCN(C(=O)c3c(CCCOc4cc(C)c(Cl)c(C)c4)c4ccc(Cl)c(-c5c(C)nn(C)c5C)c4n3Cc3cccnc3)CC2)cc1. The average molecular weight is 2020 g/mol. The number of halogens is 6. The van der Waals surface area contributed by atoms with Crippen LogP contribution in [0.3, 0.4) is 0 Å². The number of hydrogen-bond acceptors (Lipinski definition) is 13. The van der Waals surface area contributed by atoms with Crippen molar-refractivity contribution in [2.75, 3.05) is 88.5 Å². The highest BCUT2D eigenvalue weighted by atomic mass is 35.5. The number of carbonyl (C=O) groups excluding carboxylic acids is 3. The maximum atomic E-state index is 15.1. The van der Waals surface area contributed by atoms with Gasteiger partial charge in [0.15, 0.2) is 0 Å². The number of ether oxygens (including phenoxy) is 3. The molecule has 1 atom stereocenters. The van der Waals surface area contributed by atoms with Crippen molar-refractivity contribution in [1.82, 2.24) is 58.2 Å². The second-order valence-corrected chi connectivity index (χ2v) is 40.4. The molecule has 0 spiro atoms. The largest absolute Gasteiger partial charge is 0.494 e. The molecule has 0 bridgehead atoms. The third-order valence-electron chi connectivity index (χ3n) is 28.5. The number of carbonyl (C=O) groups is 4. The second-order valence-electron chi connectivity index (χ2n) is 38.1. The van der Waals surface area contributed by atoms with Crippen LogP contribution in [-0.2, 0) is 63.6 Å². The number of anilines is 2. The molecule has 14 aromatic rings. The lowest BCUT2D eigenvalue weighted by molar-refractivity contribution is -0.146. The van der Waals surface area contributed by atoms with E-state index < -0.39 is 12.0 Å². The first-order chi connectivity index (χ1) is 67.5. The van der Waals surface area contributed by atoms with Crippen molar-refractivity contribution in [3.8, 4) is 50.6 Å². The molecule has 0 radical (unpaired) electrons. The number of aliphatic carboxylic acids is 1. The van der Waals surface area contributed by atoms with Gasteiger partial charge in [0.2, 0.25) is 0 Å². The lowest BCUT2D eigenvalue weighted by Gasteiger charge is -2.36. The van der Waals surface area contributed by atoms with Crippen molar-refractivity contribution in [2.24, 2.45) is 28.2 Å². The molecule has 736 valence electrons. The van der Waals surface area contributed by atoms with Gasteiger partial charge in [-0.1, -0.05) is 129 Å². The minimum absolute atomic E-state index is 0.0234. The average Bonchev–Trinajstić information content (AvgIpc) is 1.56. The molecule has 3 fully saturated rings. The maximum Gasteiger partial charge on any atom is 0.326 e. The first-order valence-electron chi connectivity index (χ1n) is 48.5. The summed E-state index contributed by atoms with van der Waals surface area (Å²) >= 11 is 40.1. The van der Waals surface area contributed by atoms with E-state index in [0.29, 0.717) is 142 Å². The van der Waals surface area contributed by atoms with Crippen molar-refractivity contribution in [3.63, 3.8) is 0 Å². The third kappa shape index (κ3) is 21.1. The van der Waals surface area contributed by atoms with Crippen LogP contribution in [0.5, 0.6) is 17.2 Å². The fourth-order valence-corrected chi connectivity index (χ4v) is 22.1. The second kappa shape index (κ2) is 43.4. The van der Waals surface area contributed by atoms with E-state index in [1.54, 1.807) is 6.20 Å². The van der Waals surface area contributed by atoms with E-state index in [2.05, 4.69) is 123 Å². The summed E-state index contributed by atoms with van der Waals surface area (Å²) < 4.78 is 28.4. The summed E-state index contributed by atoms with van der Waals surface area (Å²) in [6, 6.07) is 44.1. The Bertz CT molecular complexity index is 7100. The van der Waals surface area contributed by atoms with Crippen molar-refractivity contribution in [1.29, 1.82) is 0 Å². The van der Waals surface area contributed by atoms with Crippen LogP contribution in [0, 0.1) is 96.9 Å². The number of hydrogen-bond donors (Lipinski definition) is 1. The van der Waals surface area contributed by atoms with Gasteiger partial charge in [0.25, 0.3) is 17.7 Å². The van der Waals surface area contributed by atoms with Gasteiger partial charge in [0, 0.05) is 211 Å². The van der Waals surface area contributed by atoms with Crippen LogP contribution in [0.15, 0.2) is 151 Å². The summed E-state index contributed by atoms with van der Waals surface area (Å²) in [7, 11) is 7.81. The normalized spacial score (nSPS) is 14.3. The molecule has 18 rings (SSSR count). The van der Waals surface area contributed by atoms with Crippen molar-refractivity contribution < 1.29 is 38.5 Å². The van der Waals surface area contributed by atoms with Gasteiger partial charge in [-0.3, -0.25) is 33.4 Å². The molecule has 22 nitrogen and oxygen atoms in total. The number of carboxylic acids is 1. The Kier molecular flexibility index (Phi) is 31.4. The molecular weight excluding hydrogens is 1890 g/mol. The highest BCUT2D eigenvalue weighted by Crippen LogP contribution is 2.49. The van der Waals surface area contributed by atoms with Crippen molar-refractivity contribution in [2.45, 2.75) is 167 Å². The Morgan fingerprint density at radius 3 is 1.25 bits per heavy atom. The molecule has 0 unspecified atom stereocenters. The summed E-state index contributed by atoms with van der Waals surface area (Å²) in [4.78, 5) is 70.2. The van der Waals surface area contributed by atoms with E-state index in [1.165, 1.54) is 27.4 Å². The van der Waals surface area contributed by atoms with E-state index in [1.807, 2.05) is 194 Å². The number of amides is 3. The Labute approximate surface area is 856 Å². The molecule has 3 saturated heterocycles. The highest BCUT2D eigenvalue weighted by Gasteiger charge is 2.41. The molecule has 9 heterocycles. The molecular formula is C113H124Cl6N14O8. The maximum absolute atomic E-state index is 15.1. The number of aryl methyl sites for hydroxylation is 17. The van der Waals surface area contributed by atoms with Crippen LogP contribution in [-0.4, -0.2) is 172 Å². The number of carboxylic acid groups (broad SMARTS) is 1. The Morgan fingerprint density at radius 2 is 0.830 bits per heavy atom. The number of piperazine rings is 2. The number of rotatable bonds is 26. The zero-order chi connectivity index (χ0) is 101. The number of likely N-dealkylation sites (tertiary alicyclic amines) is 1. The topological polar surface area (TPSA) is 209 Å². The zero-order valence-electron chi connectivity index (χ0n) is 83.8. The first-order valence-corrected chi connectivity index (χ1v) is 50.8. The first kappa shape index (κ1) is 102. The highest BCUT2D eigenvalue weighted by molar-refractivity contribution is 6.37. The standard InChI is InChI=1S/C43H46Cl2N6O2.C38H43Cl2N5O2.C32H35Cl2N3O4/c1-27-11-13-33(14-12-27)49-18-20-50(21-19-49)43(52)42-35(10-8-22-53-34-23-28(2)40(45)29(3)24-34)36-15-16-37(44)39(38-30(4)47-48(6)31(38)5)41(36)51(42)26-32-9-7-17-46-25-32;1-23-10-12-28(13-11-23)44-16-18-45(19-17-44)38(46)37-30(9-8-20-47-29-21-24(2)35(40)25(3)22-29)31-14-15-32(39)34(36(31)42(37)6)33-26(4)41-43(7)27(33)5;1-17-14-21(15-18(2)30(17)34)41-13-7-8-22-23-10-11-26(33)29(28-19(3)35-36(5)20(28)4)24(23)16-25(22)31(38)37-12-6-9-27(37)32(39)40/h7,9,11-17,23-25H,8,10,18-22,26H2,1-6H3;10-15,21-22H,8-9,16-20H2,1-7H3;10-11,14-15,27H,6-9,12-13,16H2,1-5H3,(H,39,40)/t;;27-/m..0/s1. The molecule has 1 aliphatic carbocycles. The molecule has 3 aliphatic heterocycles. The Hall–Kier alpha value is -12.0. The van der Waals surface area contributed by atoms with Crippen LogP contribution in [0.2, 0.25) is 30.1 Å². The fraction of sp³-hybridized carbons (Fsp3) is 0.363. The monoisotopic (exact) mass is 2010 g/mol. The van der Waals surface area contributed by atoms with Gasteiger partial charge in [-0.15, -0.1) is 0 Å².